The number of thiophene rings is 1. The lowest BCUT2D eigenvalue weighted by Crippen LogP contribution is -2.49. The van der Waals surface area contributed by atoms with Gasteiger partial charge in [0.2, 0.25) is 5.91 Å². The van der Waals surface area contributed by atoms with Crippen LogP contribution in [-0.4, -0.2) is 55.0 Å². The van der Waals surface area contributed by atoms with E-state index in [0.717, 1.165) is 43.2 Å². The zero-order valence-corrected chi connectivity index (χ0v) is 15.6. The van der Waals surface area contributed by atoms with E-state index >= 15 is 0 Å². The third-order valence-electron chi connectivity index (χ3n) is 4.43. The second kappa shape index (κ2) is 9.07. The Labute approximate surface area is 157 Å². The van der Waals surface area contributed by atoms with Gasteiger partial charge in [0.15, 0.2) is 0 Å². The number of benzene rings is 1. The van der Waals surface area contributed by atoms with Gasteiger partial charge in [0.25, 0.3) is 0 Å². The van der Waals surface area contributed by atoms with Crippen LogP contribution in [0.2, 0.25) is 0 Å². The highest BCUT2D eigenvalue weighted by molar-refractivity contribution is 7.15. The van der Waals surface area contributed by atoms with Crippen LogP contribution >= 0.6 is 11.3 Å². The van der Waals surface area contributed by atoms with Crippen molar-refractivity contribution in [1.82, 2.24) is 15.1 Å². The summed E-state index contributed by atoms with van der Waals surface area (Å²) in [5.74, 6) is -0.151. The van der Waals surface area contributed by atoms with Crippen molar-refractivity contribution < 1.29 is 9.18 Å². The molecule has 26 heavy (non-hydrogen) atoms. The maximum Gasteiger partial charge on any atom is 0.234 e. The Kier molecular flexibility index (Phi) is 6.55. The zero-order valence-electron chi connectivity index (χ0n) is 14.8. The molecule has 138 valence electrons. The van der Waals surface area contributed by atoms with E-state index in [1.165, 1.54) is 10.9 Å². The number of rotatable bonds is 7. The molecule has 2 heterocycles. The van der Waals surface area contributed by atoms with Gasteiger partial charge in [-0.1, -0.05) is 18.2 Å². The molecule has 1 fully saturated rings. The van der Waals surface area contributed by atoms with Crippen LogP contribution in [0.1, 0.15) is 4.88 Å². The van der Waals surface area contributed by atoms with Crippen LogP contribution in [0.4, 0.5) is 4.39 Å². The first kappa shape index (κ1) is 18.8. The van der Waals surface area contributed by atoms with Gasteiger partial charge < -0.3 is 5.32 Å². The Morgan fingerprint density at radius 3 is 2.69 bits per heavy atom. The molecule has 2 aromatic rings. The maximum atomic E-state index is 13.4. The lowest BCUT2D eigenvalue weighted by molar-refractivity contribution is -0.122. The summed E-state index contributed by atoms with van der Waals surface area (Å²) >= 11 is 1.71. The van der Waals surface area contributed by atoms with E-state index < -0.39 is 0 Å². The Morgan fingerprint density at radius 2 is 1.96 bits per heavy atom. The van der Waals surface area contributed by atoms with Crippen LogP contribution in [0, 0.1) is 5.82 Å². The molecular formula is C20H24FN3OS. The topological polar surface area (TPSA) is 35.6 Å². The molecule has 4 nitrogen and oxygen atoms in total. The largest absolute Gasteiger partial charge is 0.352 e. The first-order valence-corrected chi connectivity index (χ1v) is 9.62. The van der Waals surface area contributed by atoms with Crippen LogP contribution < -0.4 is 5.32 Å². The van der Waals surface area contributed by atoms with Gasteiger partial charge in [-0.15, -0.1) is 17.9 Å². The fourth-order valence-electron chi connectivity index (χ4n) is 3.03. The number of carbonyl (C=O) groups is 1. The van der Waals surface area contributed by atoms with Crippen LogP contribution in [0.3, 0.4) is 0 Å². The van der Waals surface area contributed by atoms with Crippen LogP contribution in [0.5, 0.6) is 0 Å². The molecule has 6 heteroatoms. The summed E-state index contributed by atoms with van der Waals surface area (Å²) in [5, 5.41) is 2.82. The van der Waals surface area contributed by atoms with Gasteiger partial charge in [-0.3, -0.25) is 14.6 Å². The molecule has 1 N–H and O–H groups in total. The molecule has 1 amide bonds. The normalized spacial score (nSPS) is 15.7. The summed E-state index contributed by atoms with van der Waals surface area (Å²) in [6, 6.07) is 10.9. The smallest absolute Gasteiger partial charge is 0.234 e. The third-order valence-corrected chi connectivity index (χ3v) is 5.54. The van der Waals surface area contributed by atoms with Gasteiger partial charge in [-0.05, 0) is 29.8 Å². The van der Waals surface area contributed by atoms with Crippen molar-refractivity contribution in [3.05, 3.63) is 59.7 Å². The van der Waals surface area contributed by atoms with E-state index in [4.69, 9.17) is 0 Å². The summed E-state index contributed by atoms with van der Waals surface area (Å²) in [6.45, 7) is 9.15. The van der Waals surface area contributed by atoms with E-state index in [0.29, 0.717) is 13.1 Å². The van der Waals surface area contributed by atoms with Crippen molar-refractivity contribution in [1.29, 1.82) is 0 Å². The molecule has 0 atom stereocenters. The predicted molar refractivity (Wildman–Crippen MR) is 105 cm³/mol. The second-order valence-corrected chi connectivity index (χ2v) is 7.59. The minimum Gasteiger partial charge on any atom is -0.352 e. The second-order valence-electron chi connectivity index (χ2n) is 6.42. The SMILES string of the molecule is C=CCNC(=O)CN1CCN(Cc2ccc(-c3cccc(F)c3)s2)CC1. The number of hydrogen-bond acceptors (Lipinski definition) is 4. The van der Waals surface area contributed by atoms with E-state index in [9.17, 15) is 9.18 Å². The van der Waals surface area contributed by atoms with Crippen molar-refractivity contribution in [3.63, 3.8) is 0 Å². The number of nitrogens with zero attached hydrogens (tertiary/aromatic N) is 2. The molecule has 1 aliphatic heterocycles. The minimum atomic E-state index is -0.203. The third kappa shape index (κ3) is 5.24. The quantitative estimate of drug-likeness (QED) is 0.758. The van der Waals surface area contributed by atoms with Gasteiger partial charge >= 0.3 is 0 Å². The first-order valence-electron chi connectivity index (χ1n) is 8.81. The zero-order chi connectivity index (χ0) is 18.4. The highest BCUT2D eigenvalue weighted by Gasteiger charge is 2.19. The molecule has 1 aliphatic rings. The van der Waals surface area contributed by atoms with Gasteiger partial charge in [0, 0.05) is 49.0 Å². The summed E-state index contributed by atoms with van der Waals surface area (Å²) in [5.41, 5.74) is 0.927. The number of amides is 1. The number of halogens is 1. The predicted octanol–water partition coefficient (Wildman–Crippen LogP) is 2.97. The van der Waals surface area contributed by atoms with Gasteiger partial charge in [0.1, 0.15) is 5.82 Å². The van der Waals surface area contributed by atoms with Crippen molar-refractivity contribution in [3.8, 4) is 10.4 Å². The Morgan fingerprint density at radius 1 is 1.19 bits per heavy atom. The van der Waals surface area contributed by atoms with Gasteiger partial charge in [-0.2, -0.15) is 0 Å². The van der Waals surface area contributed by atoms with Crippen LogP contribution in [0.15, 0.2) is 49.1 Å². The summed E-state index contributed by atoms with van der Waals surface area (Å²) < 4.78 is 13.4. The average Bonchev–Trinajstić information content (AvgIpc) is 3.10. The summed E-state index contributed by atoms with van der Waals surface area (Å²) in [4.78, 5) is 18.7. The fraction of sp³-hybridized carbons (Fsp3) is 0.350. The van der Waals surface area contributed by atoms with Crippen LogP contribution in [0.25, 0.3) is 10.4 Å². The lowest BCUT2D eigenvalue weighted by atomic mass is 10.2. The molecule has 3 rings (SSSR count). The number of nitrogens with one attached hydrogen (secondary N) is 1. The molecule has 0 aliphatic carbocycles. The van der Waals surface area contributed by atoms with Crippen molar-refractivity contribution in [2.75, 3.05) is 39.3 Å². The van der Waals surface area contributed by atoms with E-state index in [-0.39, 0.29) is 11.7 Å². The van der Waals surface area contributed by atoms with Gasteiger partial charge in [0.05, 0.1) is 6.54 Å². The molecule has 0 spiro atoms. The molecular weight excluding hydrogens is 349 g/mol. The van der Waals surface area contributed by atoms with Crippen molar-refractivity contribution in [2.24, 2.45) is 0 Å². The Bertz CT molecular complexity index is 753. The Balaban J connectivity index is 1.48. The molecule has 0 radical (unpaired) electrons. The van der Waals surface area contributed by atoms with Crippen molar-refractivity contribution >= 4 is 17.2 Å². The number of piperazine rings is 1. The average molecular weight is 373 g/mol. The molecule has 0 unspecified atom stereocenters. The standard InChI is InChI=1S/C20H24FN3OS/c1-2-8-22-20(25)15-24-11-9-23(10-12-24)14-18-6-7-19(26-18)16-4-3-5-17(21)13-16/h2-7,13H,1,8-12,14-15H2,(H,22,25). The van der Waals surface area contributed by atoms with E-state index in [1.54, 1.807) is 29.5 Å². The highest BCUT2D eigenvalue weighted by atomic mass is 32.1. The Hall–Kier alpha value is -2.02. The lowest BCUT2D eigenvalue weighted by Gasteiger charge is -2.34. The maximum absolute atomic E-state index is 13.4. The molecule has 1 saturated heterocycles. The van der Waals surface area contributed by atoms with Crippen LogP contribution in [-0.2, 0) is 11.3 Å². The number of hydrogen-bond donors (Lipinski definition) is 1. The van der Waals surface area contributed by atoms with Crippen molar-refractivity contribution in [2.45, 2.75) is 6.54 Å². The molecule has 1 aromatic heterocycles. The van der Waals surface area contributed by atoms with E-state index in [1.807, 2.05) is 6.07 Å². The van der Waals surface area contributed by atoms with E-state index in [2.05, 4.69) is 33.8 Å². The first-order chi connectivity index (χ1) is 12.6. The molecule has 0 bridgehead atoms. The van der Waals surface area contributed by atoms with Gasteiger partial charge in [-0.25, -0.2) is 4.39 Å². The summed E-state index contributed by atoms with van der Waals surface area (Å²) in [7, 11) is 0. The summed E-state index contributed by atoms with van der Waals surface area (Å²) in [6.07, 6.45) is 1.69. The molecule has 0 saturated carbocycles. The number of carbonyl (C=O) groups excluding carboxylic acids is 1. The fourth-order valence-corrected chi connectivity index (χ4v) is 4.08. The minimum absolute atomic E-state index is 0.0522. The highest BCUT2D eigenvalue weighted by Crippen LogP contribution is 2.29. The molecule has 1 aromatic carbocycles. The monoisotopic (exact) mass is 373 g/mol.